The summed E-state index contributed by atoms with van der Waals surface area (Å²) in [6, 6.07) is 14.5. The van der Waals surface area contributed by atoms with Gasteiger partial charge in [0.2, 0.25) is 0 Å². The Labute approximate surface area is 346 Å². The molecule has 1 unspecified atom stereocenters. The van der Waals surface area contributed by atoms with E-state index in [-0.39, 0.29) is 76.5 Å². The maximum absolute atomic E-state index is 15.3. The Morgan fingerprint density at radius 3 is 1.86 bits per heavy atom. The average molecular weight is 715 g/mol. The molecule has 4 rings (SSSR count). The number of benzene rings is 3. The van der Waals surface area contributed by atoms with Crippen molar-refractivity contribution in [3.05, 3.63) is 120 Å². The second-order valence-corrected chi connectivity index (χ2v) is 10.9. The first-order valence-electron chi connectivity index (χ1n) is 16.9. The number of carbonyl (C=O) groups excluding carboxylic acids is 2. The Morgan fingerprint density at radius 1 is 0.980 bits per heavy atom. The van der Waals surface area contributed by atoms with Gasteiger partial charge < -0.3 is 23.4 Å². The van der Waals surface area contributed by atoms with Gasteiger partial charge in [0.05, 0.1) is 12.4 Å². The van der Waals surface area contributed by atoms with Crippen LogP contribution in [0.2, 0.25) is 0 Å². The van der Waals surface area contributed by atoms with Gasteiger partial charge >= 0.3 is 51.4 Å². The van der Waals surface area contributed by atoms with Crippen LogP contribution in [0, 0.1) is 51.8 Å². The Kier molecular flexibility index (Phi) is 34.3. The molecule has 3 aromatic carbocycles. The van der Waals surface area contributed by atoms with E-state index in [0.717, 1.165) is 34.2 Å². The van der Waals surface area contributed by atoms with Crippen LogP contribution < -0.4 is 51.4 Å². The molecule has 0 aromatic heterocycles. The van der Waals surface area contributed by atoms with Crippen molar-refractivity contribution in [2.45, 2.75) is 115 Å². The summed E-state index contributed by atoms with van der Waals surface area (Å²) in [6.45, 7) is 26.6. The standard InChI is InChI=1S/C23H22F2.C7H9O.C6H12O.C3H3O.2C2H6.CH3.K/c1-5-18-15(3)12-17(13-22(18)24)20-10-7-11-21(23(20)25)19-9-6-8-14(2)16(19)4;1-4-7(5-8)6(2)3;1-5-3-2-4-6(5)7;1-2-3-4;2*1-2;;/h6-13H,5H2,1-4H3;4H,2H2,1,3H3;5-7H,2-4H2,1H3;1H3;2*1-2H3;1H3;/q;-1;;-1;;;-1;+1/b;7-4+;;;;;;/t;;5?,6-;;;;;/m..0...../s1. The number of hydrogen-bond donors (Lipinski definition) is 1. The van der Waals surface area contributed by atoms with Gasteiger partial charge in [0.1, 0.15) is 11.6 Å². The molecule has 50 heavy (non-hydrogen) atoms. The van der Waals surface area contributed by atoms with Crippen LogP contribution in [0.4, 0.5) is 8.78 Å². The maximum atomic E-state index is 15.3. The molecule has 1 aliphatic rings. The van der Waals surface area contributed by atoms with Crippen molar-refractivity contribution in [3.8, 4) is 22.3 Å². The third kappa shape index (κ3) is 18.3. The SMILES string of the molecule is C=C(C)/C([C-]=O)=C/C.CC.CC.CC1CCC[C@@H]1O.CCc1c(C)cc(-c2cccc(-c3cccc(C)c3C)c2F)cc1F.C[C-]=C=O.[CH3-].[K+]. The summed E-state index contributed by atoms with van der Waals surface area (Å²) in [5, 5.41) is 9.00. The smallest absolute Gasteiger partial charge is 0.406 e. The first kappa shape index (κ1) is 54.5. The predicted octanol–water partition coefficient (Wildman–Crippen LogP) is 9.28. The van der Waals surface area contributed by atoms with Gasteiger partial charge in [-0.2, -0.15) is 30.7 Å². The van der Waals surface area contributed by atoms with E-state index in [4.69, 9.17) is 9.90 Å². The Hall–Kier alpha value is -2.28. The molecule has 1 N–H and O–H groups in total. The Bertz CT molecular complexity index is 1460. The van der Waals surface area contributed by atoms with Gasteiger partial charge in [-0.15, -0.1) is 0 Å². The normalized spacial score (nSPS) is 13.7. The van der Waals surface area contributed by atoms with E-state index in [1.54, 1.807) is 38.3 Å². The van der Waals surface area contributed by atoms with Crippen LogP contribution >= 0.6 is 0 Å². The number of aliphatic hydroxyl groups excluding tert-OH is 1. The van der Waals surface area contributed by atoms with Gasteiger partial charge in [0.25, 0.3) is 0 Å². The molecule has 1 saturated carbocycles. The first-order valence-corrected chi connectivity index (χ1v) is 16.9. The molecular formula is C44H61F2KO3-2. The molecule has 2 atom stereocenters. The van der Waals surface area contributed by atoms with E-state index in [1.807, 2.05) is 85.7 Å². The molecule has 0 saturated heterocycles. The Balaban J connectivity index is -0.000000349. The van der Waals surface area contributed by atoms with E-state index in [1.165, 1.54) is 31.8 Å². The van der Waals surface area contributed by atoms with E-state index < -0.39 is 0 Å². The molecule has 3 nitrogen and oxygen atoms in total. The molecule has 272 valence electrons. The fraction of sp³-hybridized carbons (Fsp3) is 0.409. The summed E-state index contributed by atoms with van der Waals surface area (Å²) >= 11 is 0. The number of halogens is 2. The average Bonchev–Trinajstić information content (AvgIpc) is 3.47. The van der Waals surface area contributed by atoms with Crippen LogP contribution in [0.15, 0.2) is 72.3 Å². The van der Waals surface area contributed by atoms with Crippen molar-refractivity contribution in [3.63, 3.8) is 0 Å². The minimum Gasteiger partial charge on any atom is -0.406 e. The molecule has 0 amide bonds. The van der Waals surface area contributed by atoms with Crippen LogP contribution in [-0.4, -0.2) is 23.4 Å². The predicted molar refractivity (Wildman–Crippen MR) is 208 cm³/mol. The third-order valence-electron chi connectivity index (χ3n) is 7.75. The number of aliphatic hydroxyl groups is 1. The molecule has 0 heterocycles. The van der Waals surface area contributed by atoms with Crippen LogP contribution in [0.5, 0.6) is 0 Å². The van der Waals surface area contributed by atoms with Gasteiger partial charge in [-0.3, -0.25) is 4.79 Å². The number of hydrogen-bond acceptors (Lipinski definition) is 3. The van der Waals surface area contributed by atoms with Crippen molar-refractivity contribution in [2.24, 2.45) is 5.92 Å². The Morgan fingerprint density at radius 2 is 1.50 bits per heavy atom. The maximum Gasteiger partial charge on any atom is 1.00 e. The molecule has 6 heteroatoms. The quantitative estimate of drug-likeness (QED) is 0.0943. The van der Waals surface area contributed by atoms with E-state index >= 15 is 4.39 Å². The van der Waals surface area contributed by atoms with Crippen molar-refractivity contribution < 1.29 is 74.9 Å². The zero-order valence-corrected chi connectivity index (χ0v) is 36.5. The van der Waals surface area contributed by atoms with Crippen molar-refractivity contribution in [2.75, 3.05) is 0 Å². The third-order valence-corrected chi connectivity index (χ3v) is 7.75. The molecule has 1 aliphatic carbocycles. The van der Waals surface area contributed by atoms with Crippen molar-refractivity contribution in [1.82, 2.24) is 0 Å². The summed E-state index contributed by atoms with van der Waals surface area (Å²) in [7, 11) is 0. The number of aryl methyl sites for hydroxylation is 2. The second-order valence-electron chi connectivity index (χ2n) is 10.9. The zero-order valence-electron chi connectivity index (χ0n) is 33.4. The van der Waals surface area contributed by atoms with Crippen LogP contribution in [0.3, 0.4) is 0 Å². The van der Waals surface area contributed by atoms with Crippen molar-refractivity contribution >= 4 is 12.2 Å². The first-order chi connectivity index (χ1) is 22.9. The van der Waals surface area contributed by atoms with E-state index in [9.17, 15) is 9.18 Å². The summed E-state index contributed by atoms with van der Waals surface area (Å²) in [4.78, 5) is 18.9. The van der Waals surface area contributed by atoms with Gasteiger partial charge in [-0.25, -0.2) is 8.78 Å². The van der Waals surface area contributed by atoms with Gasteiger partial charge in [-0.1, -0.05) is 110 Å². The van der Waals surface area contributed by atoms with Gasteiger partial charge in [0, 0.05) is 11.1 Å². The minimum atomic E-state index is -0.306. The molecule has 0 spiro atoms. The molecule has 0 aliphatic heterocycles. The second kappa shape index (κ2) is 31.5. The fourth-order valence-electron chi connectivity index (χ4n) is 4.90. The summed E-state index contributed by atoms with van der Waals surface area (Å²) in [5.74, 6) is 1.42. The van der Waals surface area contributed by atoms with Crippen LogP contribution in [0.25, 0.3) is 22.3 Å². The van der Waals surface area contributed by atoms with Gasteiger partial charge in [0.15, 0.2) is 0 Å². The molecular weight excluding hydrogens is 654 g/mol. The topological polar surface area (TPSA) is 54.4 Å². The zero-order chi connectivity index (χ0) is 37.4. The molecule has 0 bridgehead atoms. The summed E-state index contributed by atoms with van der Waals surface area (Å²) < 4.78 is 29.6. The van der Waals surface area contributed by atoms with Crippen molar-refractivity contribution in [1.29, 1.82) is 0 Å². The summed E-state index contributed by atoms with van der Waals surface area (Å²) in [6.07, 6.45) is 9.70. The van der Waals surface area contributed by atoms with Gasteiger partial charge in [-0.05, 0) is 85.4 Å². The van der Waals surface area contributed by atoms with Crippen LogP contribution in [-0.2, 0) is 16.0 Å². The van der Waals surface area contributed by atoms with E-state index in [2.05, 4.69) is 19.6 Å². The monoisotopic (exact) mass is 714 g/mol. The van der Waals surface area contributed by atoms with Crippen LogP contribution in [0.1, 0.15) is 104 Å². The fourth-order valence-corrected chi connectivity index (χ4v) is 4.90. The molecule has 0 radical (unpaired) electrons. The molecule has 3 aromatic rings. The minimum absolute atomic E-state index is 0. The summed E-state index contributed by atoms with van der Waals surface area (Å²) in [5.41, 5.74) is 7.49. The number of allylic oxidation sites excluding steroid dienone is 4. The van der Waals surface area contributed by atoms with E-state index in [0.29, 0.717) is 40.2 Å². The largest absolute Gasteiger partial charge is 1.00 e. The molecule has 1 fully saturated rings. The number of rotatable bonds is 5.